The zero-order chi connectivity index (χ0) is 15.1. The molecule has 0 spiro atoms. The van der Waals surface area contributed by atoms with Crippen LogP contribution in [0.1, 0.15) is 18.2 Å². The summed E-state index contributed by atoms with van der Waals surface area (Å²) in [5, 5.41) is 1.90. The van der Waals surface area contributed by atoms with E-state index in [0.717, 1.165) is 4.88 Å². The lowest BCUT2D eigenvalue weighted by Gasteiger charge is -2.07. The van der Waals surface area contributed by atoms with Crippen molar-refractivity contribution < 1.29 is 14.3 Å². The highest BCUT2D eigenvalue weighted by Crippen LogP contribution is 2.20. The Labute approximate surface area is 127 Å². The first kappa shape index (κ1) is 15.2. The summed E-state index contributed by atoms with van der Waals surface area (Å²) in [5.41, 5.74) is 0.658. The molecule has 0 saturated carbocycles. The second-order valence-electron chi connectivity index (χ2n) is 4.33. The Balaban J connectivity index is 2.33. The maximum Gasteiger partial charge on any atom is 0.342 e. The minimum atomic E-state index is -0.575. The molecule has 4 heteroatoms. The van der Waals surface area contributed by atoms with E-state index in [1.165, 1.54) is 11.3 Å². The molecule has 1 heterocycles. The zero-order valence-corrected chi connectivity index (χ0v) is 12.6. The molecule has 1 aliphatic carbocycles. The predicted octanol–water partition coefficient (Wildman–Crippen LogP) is 3.71. The molecule has 0 bridgehead atoms. The molecule has 3 nitrogen and oxygen atoms in total. The third-order valence-electron chi connectivity index (χ3n) is 2.85. The van der Waals surface area contributed by atoms with E-state index in [0.29, 0.717) is 12.0 Å². The molecule has 1 aromatic heterocycles. The van der Waals surface area contributed by atoms with Gasteiger partial charge in [0, 0.05) is 10.5 Å². The van der Waals surface area contributed by atoms with E-state index in [9.17, 15) is 9.59 Å². The van der Waals surface area contributed by atoms with Gasteiger partial charge in [-0.05, 0) is 30.9 Å². The van der Waals surface area contributed by atoms with Crippen LogP contribution in [0.4, 0.5) is 0 Å². The molecular weight excluding hydrogens is 284 g/mol. The number of Topliss-reactive ketones (excluding diaryl/α,β-unsaturated/α-hetero) is 1. The predicted molar refractivity (Wildman–Crippen MR) is 84.9 cm³/mol. The van der Waals surface area contributed by atoms with Crippen molar-refractivity contribution in [1.82, 2.24) is 0 Å². The fraction of sp³-hybridized carbons (Fsp3) is 0.176. The van der Waals surface area contributed by atoms with Crippen molar-refractivity contribution >= 4 is 29.2 Å². The summed E-state index contributed by atoms with van der Waals surface area (Å²) in [6.45, 7) is 1.97. The summed E-state index contributed by atoms with van der Waals surface area (Å²) in [6.07, 6.45) is 11.3. The van der Waals surface area contributed by atoms with E-state index in [1.54, 1.807) is 25.2 Å². The number of ether oxygens (including phenoxy) is 1. The van der Waals surface area contributed by atoms with E-state index >= 15 is 0 Å². The Hall–Kier alpha value is -2.20. The van der Waals surface area contributed by atoms with Gasteiger partial charge in [0.2, 0.25) is 0 Å². The van der Waals surface area contributed by atoms with Gasteiger partial charge in [-0.3, -0.25) is 4.79 Å². The Morgan fingerprint density at radius 1 is 1.33 bits per heavy atom. The van der Waals surface area contributed by atoms with Crippen LogP contribution in [0.5, 0.6) is 0 Å². The highest BCUT2D eigenvalue weighted by molar-refractivity contribution is 7.10. The Kier molecular flexibility index (Phi) is 5.46. The Morgan fingerprint density at radius 3 is 2.90 bits per heavy atom. The number of hydrogen-bond acceptors (Lipinski definition) is 4. The molecule has 0 amide bonds. The van der Waals surface area contributed by atoms with Gasteiger partial charge in [0.15, 0.2) is 5.78 Å². The summed E-state index contributed by atoms with van der Waals surface area (Å²) >= 11 is 1.47. The topological polar surface area (TPSA) is 43.4 Å². The molecule has 108 valence electrons. The first-order valence-electron chi connectivity index (χ1n) is 6.71. The Morgan fingerprint density at radius 2 is 2.19 bits per heavy atom. The molecule has 0 radical (unpaired) electrons. The maximum atomic E-state index is 12.6. The lowest BCUT2D eigenvalue weighted by atomic mass is 10.00. The largest absolute Gasteiger partial charge is 0.462 e. The fourth-order valence-electron chi connectivity index (χ4n) is 1.86. The molecule has 2 rings (SSSR count). The average molecular weight is 300 g/mol. The second kappa shape index (κ2) is 7.55. The van der Waals surface area contributed by atoms with Crippen LogP contribution in [-0.4, -0.2) is 18.4 Å². The van der Waals surface area contributed by atoms with E-state index in [2.05, 4.69) is 0 Å². The number of hydrogen-bond donors (Lipinski definition) is 0. The minimum Gasteiger partial charge on any atom is -0.462 e. The van der Waals surface area contributed by atoms with Gasteiger partial charge >= 0.3 is 5.97 Å². The van der Waals surface area contributed by atoms with E-state index in [4.69, 9.17) is 4.74 Å². The van der Waals surface area contributed by atoms with Crippen LogP contribution in [0, 0.1) is 0 Å². The van der Waals surface area contributed by atoms with Gasteiger partial charge < -0.3 is 4.74 Å². The van der Waals surface area contributed by atoms with E-state index < -0.39 is 5.97 Å². The third kappa shape index (κ3) is 4.13. The van der Waals surface area contributed by atoms with E-state index in [-0.39, 0.29) is 18.0 Å². The standard InChI is InChI=1S/C17H16O3S/c1-2-20-17(19)15(12-14-10-7-11-21-14)16(18)13-8-5-3-4-6-9-13/h3-8,10-12H,2,9H2,1H3/b15-12-. The van der Waals surface area contributed by atoms with E-state index in [1.807, 2.05) is 35.7 Å². The first-order chi connectivity index (χ1) is 10.2. The summed E-state index contributed by atoms with van der Waals surface area (Å²) < 4.78 is 5.01. The SMILES string of the molecule is CCOC(=O)/C(=C\c1cccs1)C(=O)C1=CC=CC=CC1. The molecular formula is C17H16O3S. The molecule has 1 aromatic rings. The number of rotatable bonds is 5. The zero-order valence-electron chi connectivity index (χ0n) is 11.7. The van der Waals surface area contributed by atoms with Crippen molar-refractivity contribution in [2.24, 2.45) is 0 Å². The van der Waals surface area contributed by atoms with Crippen LogP contribution in [-0.2, 0) is 14.3 Å². The molecule has 0 N–H and O–H groups in total. The van der Waals surface area contributed by atoms with Crippen LogP contribution >= 0.6 is 11.3 Å². The highest BCUT2D eigenvalue weighted by atomic mass is 32.1. The second-order valence-corrected chi connectivity index (χ2v) is 5.31. The quantitative estimate of drug-likeness (QED) is 0.360. The smallest absolute Gasteiger partial charge is 0.342 e. The minimum absolute atomic E-state index is 0.0780. The van der Waals surface area contributed by atoms with Crippen LogP contribution < -0.4 is 0 Å². The van der Waals surface area contributed by atoms with Crippen molar-refractivity contribution in [1.29, 1.82) is 0 Å². The van der Waals surface area contributed by atoms with Crippen molar-refractivity contribution in [3.63, 3.8) is 0 Å². The van der Waals surface area contributed by atoms with Crippen molar-refractivity contribution in [3.05, 3.63) is 63.9 Å². The lowest BCUT2D eigenvalue weighted by molar-refractivity contribution is -0.139. The average Bonchev–Trinajstić information content (AvgIpc) is 2.84. The van der Waals surface area contributed by atoms with Crippen molar-refractivity contribution in [2.45, 2.75) is 13.3 Å². The highest BCUT2D eigenvalue weighted by Gasteiger charge is 2.22. The van der Waals surface area contributed by atoms with Crippen LogP contribution in [0.15, 0.2) is 59.0 Å². The van der Waals surface area contributed by atoms with Gasteiger partial charge in [-0.1, -0.05) is 36.4 Å². The third-order valence-corrected chi connectivity index (χ3v) is 3.67. The van der Waals surface area contributed by atoms with Gasteiger partial charge in [0.25, 0.3) is 0 Å². The molecule has 0 atom stereocenters. The van der Waals surface area contributed by atoms with Crippen molar-refractivity contribution in [3.8, 4) is 0 Å². The normalized spacial score (nSPS) is 14.5. The Bertz CT molecular complexity index is 631. The fourth-order valence-corrected chi connectivity index (χ4v) is 2.52. The van der Waals surface area contributed by atoms with Gasteiger partial charge in [0.05, 0.1) is 6.61 Å². The number of thiophene rings is 1. The van der Waals surface area contributed by atoms with Crippen molar-refractivity contribution in [2.75, 3.05) is 6.61 Å². The summed E-state index contributed by atoms with van der Waals surface area (Å²) in [7, 11) is 0. The molecule has 0 aliphatic heterocycles. The number of ketones is 1. The van der Waals surface area contributed by atoms with Crippen LogP contribution in [0.2, 0.25) is 0 Å². The van der Waals surface area contributed by atoms with Gasteiger partial charge in [0.1, 0.15) is 5.57 Å². The van der Waals surface area contributed by atoms with Gasteiger partial charge in [-0.25, -0.2) is 4.79 Å². The lowest BCUT2D eigenvalue weighted by Crippen LogP contribution is -2.17. The molecule has 1 aliphatic rings. The van der Waals surface area contributed by atoms with Crippen LogP contribution in [0.3, 0.4) is 0 Å². The number of carbonyl (C=O) groups excluding carboxylic acids is 2. The molecule has 0 aromatic carbocycles. The molecule has 0 saturated heterocycles. The van der Waals surface area contributed by atoms with Crippen LogP contribution in [0.25, 0.3) is 6.08 Å². The number of allylic oxidation sites excluding steroid dienone is 6. The number of carbonyl (C=O) groups is 2. The van der Waals surface area contributed by atoms with Gasteiger partial charge in [-0.2, -0.15) is 0 Å². The summed E-state index contributed by atoms with van der Waals surface area (Å²) in [5.74, 6) is -0.855. The van der Waals surface area contributed by atoms with Gasteiger partial charge in [-0.15, -0.1) is 11.3 Å². The molecule has 0 fully saturated rings. The maximum absolute atomic E-state index is 12.6. The molecule has 0 unspecified atom stereocenters. The summed E-state index contributed by atoms with van der Waals surface area (Å²) in [4.78, 5) is 25.5. The summed E-state index contributed by atoms with van der Waals surface area (Å²) in [6, 6.07) is 3.73. The number of esters is 1. The molecule has 21 heavy (non-hydrogen) atoms. The first-order valence-corrected chi connectivity index (χ1v) is 7.59. The monoisotopic (exact) mass is 300 g/mol.